The van der Waals surface area contributed by atoms with Crippen LogP contribution in [0.15, 0.2) is 36.4 Å². The van der Waals surface area contributed by atoms with Crippen molar-refractivity contribution < 1.29 is 9.59 Å². The molecule has 0 bridgehead atoms. The number of rotatable bonds is 6. The third kappa shape index (κ3) is 4.55. The Morgan fingerprint density at radius 2 is 1.92 bits per heavy atom. The van der Waals surface area contributed by atoms with Gasteiger partial charge in [0.25, 0.3) is 5.91 Å². The zero-order valence-corrected chi connectivity index (χ0v) is 15.5. The molecule has 130 valence electrons. The Labute approximate surface area is 153 Å². The van der Waals surface area contributed by atoms with Gasteiger partial charge in [-0.1, -0.05) is 29.5 Å². The highest BCUT2D eigenvalue weighted by atomic mass is 32.1. The number of thiazole rings is 1. The maximum atomic E-state index is 12.2. The summed E-state index contributed by atoms with van der Waals surface area (Å²) < 4.78 is 0.945. The quantitative estimate of drug-likeness (QED) is 0.618. The highest BCUT2D eigenvalue weighted by Gasteiger charge is 2.15. The molecule has 0 aliphatic carbocycles. The molecule has 2 amide bonds. The van der Waals surface area contributed by atoms with Crippen LogP contribution in [0.5, 0.6) is 0 Å². The van der Waals surface area contributed by atoms with Gasteiger partial charge in [0.15, 0.2) is 5.13 Å². The van der Waals surface area contributed by atoms with Crippen molar-refractivity contribution >= 4 is 54.8 Å². The molecule has 8 heteroatoms. The molecule has 0 atom stereocenters. The van der Waals surface area contributed by atoms with Crippen molar-refractivity contribution in [1.29, 1.82) is 0 Å². The number of nitrogens with zero attached hydrogens (tertiary/aromatic N) is 1. The summed E-state index contributed by atoms with van der Waals surface area (Å²) in [7, 11) is 0. The number of benzene rings is 1. The average molecular weight is 374 g/mol. The predicted octanol–water partition coefficient (Wildman–Crippen LogP) is 3.36. The Balaban J connectivity index is 1.63. The van der Waals surface area contributed by atoms with E-state index in [1.807, 2.05) is 50.2 Å². The number of carbonyl (C=O) groups is 2. The number of amides is 2. The SMILES string of the molecule is CC(C)NC(=O)CNC(=O)c1cc2sc(Nc3ccccc3)nc2s1. The molecule has 3 rings (SSSR count). The van der Waals surface area contributed by atoms with E-state index in [9.17, 15) is 9.59 Å². The zero-order chi connectivity index (χ0) is 17.8. The van der Waals surface area contributed by atoms with Crippen LogP contribution in [0.25, 0.3) is 9.53 Å². The lowest BCUT2D eigenvalue weighted by atomic mass is 10.3. The van der Waals surface area contributed by atoms with E-state index >= 15 is 0 Å². The molecular weight excluding hydrogens is 356 g/mol. The zero-order valence-electron chi connectivity index (χ0n) is 13.8. The van der Waals surface area contributed by atoms with E-state index in [-0.39, 0.29) is 24.4 Å². The van der Waals surface area contributed by atoms with Gasteiger partial charge in [0.1, 0.15) is 4.83 Å². The van der Waals surface area contributed by atoms with Gasteiger partial charge >= 0.3 is 0 Å². The topological polar surface area (TPSA) is 83.1 Å². The Morgan fingerprint density at radius 1 is 1.16 bits per heavy atom. The minimum absolute atomic E-state index is 0.0309. The van der Waals surface area contributed by atoms with Crippen molar-refractivity contribution in [3.8, 4) is 0 Å². The lowest BCUT2D eigenvalue weighted by molar-refractivity contribution is -0.120. The summed E-state index contributed by atoms with van der Waals surface area (Å²) >= 11 is 2.81. The number of aromatic nitrogens is 1. The van der Waals surface area contributed by atoms with E-state index in [1.54, 1.807) is 0 Å². The van der Waals surface area contributed by atoms with Crippen molar-refractivity contribution in [1.82, 2.24) is 15.6 Å². The molecule has 0 spiro atoms. The molecule has 0 radical (unpaired) electrons. The molecule has 0 saturated carbocycles. The van der Waals surface area contributed by atoms with E-state index < -0.39 is 0 Å². The first-order valence-electron chi connectivity index (χ1n) is 7.81. The monoisotopic (exact) mass is 374 g/mol. The first-order chi connectivity index (χ1) is 12.0. The molecule has 0 aliphatic heterocycles. The summed E-state index contributed by atoms with van der Waals surface area (Å²) in [6.07, 6.45) is 0. The van der Waals surface area contributed by atoms with Gasteiger partial charge in [-0.25, -0.2) is 4.98 Å². The second kappa shape index (κ2) is 7.62. The molecule has 0 unspecified atom stereocenters. The second-order valence-corrected chi connectivity index (χ2v) is 7.76. The van der Waals surface area contributed by atoms with Gasteiger partial charge < -0.3 is 16.0 Å². The number of fused-ring (bicyclic) bond motifs is 1. The van der Waals surface area contributed by atoms with Crippen molar-refractivity contribution in [3.63, 3.8) is 0 Å². The van der Waals surface area contributed by atoms with Crippen molar-refractivity contribution in [2.24, 2.45) is 0 Å². The Bertz CT molecular complexity index is 855. The lowest BCUT2D eigenvalue weighted by Gasteiger charge is -2.08. The van der Waals surface area contributed by atoms with Crippen LogP contribution in [0.4, 0.5) is 10.8 Å². The second-order valence-electron chi connectivity index (χ2n) is 5.69. The fourth-order valence-corrected chi connectivity index (χ4v) is 4.22. The van der Waals surface area contributed by atoms with E-state index in [0.717, 1.165) is 20.3 Å². The lowest BCUT2D eigenvalue weighted by Crippen LogP contribution is -2.39. The Morgan fingerprint density at radius 3 is 2.60 bits per heavy atom. The van der Waals surface area contributed by atoms with Crippen LogP contribution in [-0.4, -0.2) is 29.4 Å². The average Bonchev–Trinajstić information content (AvgIpc) is 3.11. The Hall–Kier alpha value is -2.45. The molecule has 0 fully saturated rings. The van der Waals surface area contributed by atoms with Gasteiger partial charge in [-0.15, -0.1) is 11.3 Å². The van der Waals surface area contributed by atoms with E-state index in [4.69, 9.17) is 0 Å². The van der Waals surface area contributed by atoms with Crippen molar-refractivity contribution in [3.05, 3.63) is 41.3 Å². The molecule has 3 N–H and O–H groups in total. The smallest absolute Gasteiger partial charge is 0.261 e. The van der Waals surface area contributed by atoms with Crippen LogP contribution >= 0.6 is 22.7 Å². The minimum atomic E-state index is -0.258. The third-order valence-electron chi connectivity index (χ3n) is 3.20. The first kappa shape index (κ1) is 17.4. The number of carbonyl (C=O) groups excluding carboxylic acids is 2. The summed E-state index contributed by atoms with van der Waals surface area (Å²) in [5.74, 6) is -0.458. The highest BCUT2D eigenvalue weighted by Crippen LogP contribution is 2.34. The number of hydrogen-bond acceptors (Lipinski definition) is 6. The van der Waals surface area contributed by atoms with Crippen LogP contribution in [0, 0.1) is 0 Å². The fourth-order valence-electron chi connectivity index (χ4n) is 2.17. The van der Waals surface area contributed by atoms with E-state index in [1.165, 1.54) is 22.7 Å². The minimum Gasteiger partial charge on any atom is -0.352 e. The van der Waals surface area contributed by atoms with Crippen LogP contribution in [0.3, 0.4) is 0 Å². The molecule has 6 nitrogen and oxygen atoms in total. The number of anilines is 2. The van der Waals surface area contributed by atoms with Gasteiger partial charge in [0.2, 0.25) is 5.91 Å². The van der Waals surface area contributed by atoms with Gasteiger partial charge in [0, 0.05) is 11.7 Å². The maximum Gasteiger partial charge on any atom is 0.261 e. The number of nitrogens with one attached hydrogen (secondary N) is 3. The summed E-state index contributed by atoms with van der Waals surface area (Å²) in [5, 5.41) is 9.40. The highest BCUT2D eigenvalue weighted by molar-refractivity contribution is 7.29. The van der Waals surface area contributed by atoms with Gasteiger partial charge in [-0.2, -0.15) is 0 Å². The van der Waals surface area contributed by atoms with E-state index in [2.05, 4.69) is 20.9 Å². The van der Waals surface area contributed by atoms with Gasteiger partial charge in [-0.3, -0.25) is 9.59 Å². The predicted molar refractivity (Wildman–Crippen MR) is 103 cm³/mol. The van der Waals surface area contributed by atoms with Crippen LogP contribution < -0.4 is 16.0 Å². The molecule has 0 saturated heterocycles. The van der Waals surface area contributed by atoms with Crippen LogP contribution in [0.1, 0.15) is 23.5 Å². The molecule has 1 aromatic carbocycles. The normalized spacial score (nSPS) is 10.8. The summed E-state index contributed by atoms with van der Waals surface area (Å²) in [6, 6.07) is 11.7. The summed E-state index contributed by atoms with van der Waals surface area (Å²) in [6.45, 7) is 3.72. The molecule has 2 aromatic heterocycles. The molecule has 3 aromatic rings. The standard InChI is InChI=1S/C17H18N4O2S2/c1-10(2)19-14(22)9-18-15(23)12-8-13-16(24-12)21-17(25-13)20-11-6-4-3-5-7-11/h3-8,10H,9H2,1-2H3,(H,18,23)(H,19,22)(H,20,21). The Kier molecular flexibility index (Phi) is 5.30. The van der Waals surface area contributed by atoms with Gasteiger partial charge in [0.05, 0.1) is 16.1 Å². The number of thiophene rings is 1. The van der Waals surface area contributed by atoms with Crippen molar-refractivity contribution in [2.75, 3.05) is 11.9 Å². The fraction of sp³-hybridized carbons (Fsp3) is 0.235. The number of para-hydroxylation sites is 1. The largest absolute Gasteiger partial charge is 0.352 e. The molecule has 25 heavy (non-hydrogen) atoms. The van der Waals surface area contributed by atoms with Crippen LogP contribution in [-0.2, 0) is 4.79 Å². The van der Waals surface area contributed by atoms with E-state index in [0.29, 0.717) is 4.88 Å². The number of hydrogen-bond donors (Lipinski definition) is 3. The van der Waals surface area contributed by atoms with Crippen molar-refractivity contribution in [2.45, 2.75) is 19.9 Å². The molecule has 0 aliphatic rings. The summed E-state index contributed by atoms with van der Waals surface area (Å²) in [5.41, 5.74) is 0.970. The van der Waals surface area contributed by atoms with Gasteiger partial charge in [-0.05, 0) is 32.0 Å². The maximum absolute atomic E-state index is 12.2. The molecular formula is C17H18N4O2S2. The first-order valence-corrected chi connectivity index (χ1v) is 9.44. The third-order valence-corrected chi connectivity index (χ3v) is 5.27. The molecule has 2 heterocycles. The summed E-state index contributed by atoms with van der Waals surface area (Å²) in [4.78, 5) is 29.6. The van der Waals surface area contributed by atoms with Crippen LogP contribution in [0.2, 0.25) is 0 Å².